The molecule has 0 bridgehead atoms. The fourth-order valence-electron chi connectivity index (χ4n) is 3.56. The van der Waals surface area contributed by atoms with Crippen LogP contribution in [0.1, 0.15) is 22.5 Å². The van der Waals surface area contributed by atoms with Crippen molar-refractivity contribution in [1.82, 2.24) is 28.9 Å². The van der Waals surface area contributed by atoms with Crippen molar-refractivity contribution >= 4 is 29.0 Å². The van der Waals surface area contributed by atoms with Gasteiger partial charge in [0, 0.05) is 47.9 Å². The lowest BCUT2D eigenvalue weighted by Gasteiger charge is -2.06. The van der Waals surface area contributed by atoms with Gasteiger partial charge < -0.3 is 9.72 Å². The molecule has 4 heterocycles. The molecule has 5 aromatic rings. The van der Waals surface area contributed by atoms with Crippen LogP contribution in [0, 0.1) is 0 Å². The summed E-state index contributed by atoms with van der Waals surface area (Å²) in [7, 11) is 0. The molecule has 0 unspecified atom stereocenters. The van der Waals surface area contributed by atoms with Crippen LogP contribution >= 0.6 is 11.8 Å². The Labute approximate surface area is 193 Å². The second kappa shape index (κ2) is 9.33. The maximum absolute atomic E-state index is 12.4. The first-order valence-electron chi connectivity index (χ1n) is 10.7. The smallest absolute Gasteiger partial charge is 0.350 e. The normalized spacial score (nSPS) is 11.3. The molecule has 0 radical (unpaired) electrons. The number of hydrogen-bond donors (Lipinski definition) is 1. The third-order valence-electron chi connectivity index (χ3n) is 5.24. The first-order valence-corrected chi connectivity index (χ1v) is 11.6. The van der Waals surface area contributed by atoms with Crippen LogP contribution in [0.3, 0.4) is 0 Å². The second-order valence-corrected chi connectivity index (χ2v) is 8.60. The molecule has 5 rings (SSSR count). The van der Waals surface area contributed by atoms with E-state index in [0.717, 1.165) is 22.0 Å². The number of nitrogens with one attached hydrogen (secondary N) is 1. The number of pyridine rings is 2. The van der Waals surface area contributed by atoms with Gasteiger partial charge in [0.2, 0.25) is 0 Å². The van der Waals surface area contributed by atoms with Gasteiger partial charge in [0.05, 0.1) is 5.69 Å². The summed E-state index contributed by atoms with van der Waals surface area (Å²) in [5.41, 5.74) is 3.00. The van der Waals surface area contributed by atoms with Crippen molar-refractivity contribution in [3.63, 3.8) is 0 Å². The maximum atomic E-state index is 12.4. The number of nitrogens with zero attached hydrogens (tertiary/aromatic N) is 5. The summed E-state index contributed by atoms with van der Waals surface area (Å²) in [5.74, 6) is 0.629. The number of benzene rings is 1. The van der Waals surface area contributed by atoms with Gasteiger partial charge in [0.1, 0.15) is 5.65 Å². The second-order valence-electron chi connectivity index (χ2n) is 7.56. The topological polar surface area (TPSA) is 85.7 Å². The quantitative estimate of drug-likeness (QED) is 0.285. The molecule has 9 heteroatoms. The lowest BCUT2D eigenvalue weighted by Crippen LogP contribution is -2.27. The van der Waals surface area contributed by atoms with Gasteiger partial charge in [-0.25, -0.2) is 14.5 Å². The predicted octanol–water partition coefficient (Wildman–Crippen LogP) is 3.26. The van der Waals surface area contributed by atoms with Crippen molar-refractivity contribution in [1.29, 1.82) is 0 Å². The molecule has 33 heavy (non-hydrogen) atoms. The van der Waals surface area contributed by atoms with E-state index in [9.17, 15) is 9.59 Å². The fourth-order valence-corrected chi connectivity index (χ4v) is 4.35. The zero-order chi connectivity index (χ0) is 22.6. The van der Waals surface area contributed by atoms with E-state index in [1.54, 1.807) is 30.1 Å². The highest BCUT2D eigenvalue weighted by Crippen LogP contribution is 2.23. The molecular formula is C24H22N6O2S. The van der Waals surface area contributed by atoms with Crippen LogP contribution in [0.5, 0.6) is 0 Å². The first kappa shape index (κ1) is 21.0. The van der Waals surface area contributed by atoms with Gasteiger partial charge in [-0.3, -0.25) is 9.20 Å². The van der Waals surface area contributed by atoms with Crippen LogP contribution in [0.2, 0.25) is 0 Å². The zero-order valence-corrected chi connectivity index (χ0v) is 18.6. The monoisotopic (exact) mass is 458 g/mol. The van der Waals surface area contributed by atoms with Gasteiger partial charge >= 0.3 is 5.69 Å². The average molecular weight is 459 g/mol. The molecule has 4 aromatic heterocycles. The van der Waals surface area contributed by atoms with Crippen LogP contribution in [0.25, 0.3) is 11.3 Å². The van der Waals surface area contributed by atoms with Crippen LogP contribution < -0.4 is 11.0 Å². The SMILES string of the molecule is O=C(NCCCn1nc2ccccn2c1=O)c1ccc(SCc2cn3ccccc3n2)cc1. The molecule has 0 spiro atoms. The van der Waals surface area contributed by atoms with Gasteiger partial charge in [-0.05, 0) is 55.0 Å². The number of thioether (sulfide) groups is 1. The van der Waals surface area contributed by atoms with Crippen molar-refractivity contribution in [2.24, 2.45) is 0 Å². The Morgan fingerprint density at radius 2 is 1.76 bits per heavy atom. The van der Waals surface area contributed by atoms with Gasteiger partial charge in [-0.15, -0.1) is 16.9 Å². The number of carbonyl (C=O) groups is 1. The van der Waals surface area contributed by atoms with Crippen molar-refractivity contribution < 1.29 is 4.79 Å². The molecule has 166 valence electrons. The Morgan fingerprint density at radius 1 is 0.970 bits per heavy atom. The average Bonchev–Trinajstić information content (AvgIpc) is 3.41. The molecule has 0 atom stereocenters. The number of aryl methyl sites for hydroxylation is 1. The molecule has 1 N–H and O–H groups in total. The van der Waals surface area contributed by atoms with E-state index < -0.39 is 0 Å². The Bertz CT molecular complexity index is 1430. The summed E-state index contributed by atoms with van der Waals surface area (Å²) >= 11 is 1.68. The maximum Gasteiger partial charge on any atom is 0.350 e. The van der Waals surface area contributed by atoms with E-state index >= 15 is 0 Å². The minimum absolute atomic E-state index is 0.130. The van der Waals surface area contributed by atoms with E-state index in [-0.39, 0.29) is 11.6 Å². The highest BCUT2D eigenvalue weighted by atomic mass is 32.2. The lowest BCUT2D eigenvalue weighted by molar-refractivity contribution is 0.0952. The molecular weight excluding hydrogens is 436 g/mol. The number of aromatic nitrogens is 5. The Morgan fingerprint density at radius 3 is 2.55 bits per heavy atom. The highest BCUT2D eigenvalue weighted by molar-refractivity contribution is 7.98. The minimum Gasteiger partial charge on any atom is -0.352 e. The van der Waals surface area contributed by atoms with Gasteiger partial charge in [0.15, 0.2) is 5.65 Å². The van der Waals surface area contributed by atoms with Crippen molar-refractivity contribution in [2.45, 2.75) is 23.6 Å². The van der Waals surface area contributed by atoms with Gasteiger partial charge in [-0.1, -0.05) is 12.1 Å². The molecule has 0 aliphatic carbocycles. The summed E-state index contributed by atoms with van der Waals surface area (Å²) in [4.78, 5) is 30.4. The number of imidazole rings is 1. The van der Waals surface area contributed by atoms with Crippen molar-refractivity contribution in [3.8, 4) is 0 Å². The summed E-state index contributed by atoms with van der Waals surface area (Å²) in [6, 6.07) is 18.9. The lowest BCUT2D eigenvalue weighted by atomic mass is 10.2. The minimum atomic E-state index is -0.173. The number of fused-ring (bicyclic) bond motifs is 2. The largest absolute Gasteiger partial charge is 0.352 e. The van der Waals surface area contributed by atoms with E-state index in [1.807, 2.05) is 65.3 Å². The van der Waals surface area contributed by atoms with Crippen LogP contribution in [-0.4, -0.2) is 36.0 Å². The predicted molar refractivity (Wildman–Crippen MR) is 128 cm³/mol. The molecule has 0 fully saturated rings. The number of hydrogen-bond acceptors (Lipinski definition) is 5. The molecule has 1 aromatic carbocycles. The van der Waals surface area contributed by atoms with Gasteiger partial charge in [0.25, 0.3) is 5.91 Å². The summed E-state index contributed by atoms with van der Waals surface area (Å²) in [6.07, 6.45) is 6.33. The van der Waals surface area contributed by atoms with Crippen LogP contribution in [0.4, 0.5) is 0 Å². The number of carbonyl (C=O) groups excluding carboxylic acids is 1. The zero-order valence-electron chi connectivity index (χ0n) is 17.8. The molecule has 0 aliphatic heterocycles. The highest BCUT2D eigenvalue weighted by Gasteiger charge is 2.08. The van der Waals surface area contributed by atoms with Crippen LogP contribution in [-0.2, 0) is 12.3 Å². The number of rotatable bonds is 8. The summed E-state index contributed by atoms with van der Waals surface area (Å²) in [6.45, 7) is 0.906. The molecule has 0 aliphatic rings. The van der Waals surface area contributed by atoms with E-state index in [4.69, 9.17) is 0 Å². The standard InChI is InChI=1S/C24H22N6O2S/c31-23(25-12-5-15-30-24(32)29-14-4-2-7-22(29)27-30)18-8-10-20(11-9-18)33-17-19-16-28-13-3-1-6-21(28)26-19/h1-4,6-11,13-14,16H,5,12,15,17H2,(H,25,31). The van der Waals surface area contributed by atoms with Gasteiger partial charge in [-0.2, -0.15) is 0 Å². The Kier molecular flexibility index (Phi) is 5.95. The van der Waals surface area contributed by atoms with E-state index in [0.29, 0.717) is 30.7 Å². The van der Waals surface area contributed by atoms with Crippen molar-refractivity contribution in [3.05, 3.63) is 101 Å². The third kappa shape index (κ3) is 4.68. The summed E-state index contributed by atoms with van der Waals surface area (Å²) in [5, 5.41) is 7.20. The fraction of sp³-hybridized carbons (Fsp3) is 0.167. The molecule has 0 saturated heterocycles. The van der Waals surface area contributed by atoms with Crippen LogP contribution in [0.15, 0.2) is 88.9 Å². The number of amides is 1. The summed E-state index contributed by atoms with van der Waals surface area (Å²) < 4.78 is 4.94. The van der Waals surface area contributed by atoms with Crippen molar-refractivity contribution in [2.75, 3.05) is 6.54 Å². The molecule has 1 amide bonds. The molecule has 8 nitrogen and oxygen atoms in total. The Balaban J connectivity index is 1.10. The van der Waals surface area contributed by atoms with E-state index in [2.05, 4.69) is 15.4 Å². The van der Waals surface area contributed by atoms with E-state index in [1.165, 1.54) is 9.08 Å². The Hall–Kier alpha value is -3.85. The first-order chi connectivity index (χ1) is 16.2. The molecule has 0 saturated carbocycles. The third-order valence-corrected chi connectivity index (χ3v) is 6.28.